The minimum atomic E-state index is -0.268. The Kier molecular flexibility index (Phi) is 8.58. The SMILES string of the molecule is CCCCOc1ccc(C(=O)NC(=S)Nc2ccc(OCCC)cc2)cc1. The number of benzene rings is 2. The highest BCUT2D eigenvalue weighted by Gasteiger charge is 2.08. The van der Waals surface area contributed by atoms with Crippen molar-refractivity contribution in [2.24, 2.45) is 0 Å². The molecule has 0 aliphatic carbocycles. The molecule has 0 aliphatic heterocycles. The third kappa shape index (κ3) is 7.27. The van der Waals surface area contributed by atoms with Crippen LogP contribution in [0.4, 0.5) is 5.69 Å². The highest BCUT2D eigenvalue weighted by atomic mass is 32.1. The van der Waals surface area contributed by atoms with E-state index in [0.717, 1.165) is 36.4 Å². The molecule has 0 aromatic heterocycles. The first-order chi connectivity index (χ1) is 13.1. The standard InChI is InChI=1S/C21H26N2O3S/c1-3-5-15-26-18-10-6-16(7-11-18)20(24)23-21(27)22-17-8-12-19(13-9-17)25-14-4-2/h6-13H,3-5,14-15H2,1-2H3,(H2,22,23,24,27). The lowest BCUT2D eigenvalue weighted by molar-refractivity contribution is 0.0977. The zero-order chi connectivity index (χ0) is 19.5. The van der Waals surface area contributed by atoms with Crippen molar-refractivity contribution in [1.29, 1.82) is 0 Å². The summed E-state index contributed by atoms with van der Waals surface area (Å²) in [6.45, 7) is 5.54. The van der Waals surface area contributed by atoms with Crippen LogP contribution in [0.15, 0.2) is 48.5 Å². The highest BCUT2D eigenvalue weighted by molar-refractivity contribution is 7.80. The summed E-state index contributed by atoms with van der Waals surface area (Å²) in [4.78, 5) is 12.3. The molecule has 2 aromatic rings. The molecule has 6 heteroatoms. The molecule has 0 unspecified atom stereocenters. The van der Waals surface area contributed by atoms with Crippen LogP contribution in [0.1, 0.15) is 43.5 Å². The Morgan fingerprint density at radius 2 is 1.48 bits per heavy atom. The third-order valence-corrected chi connectivity index (χ3v) is 3.90. The Balaban J connectivity index is 1.83. The predicted octanol–water partition coefficient (Wildman–Crippen LogP) is 4.78. The summed E-state index contributed by atoms with van der Waals surface area (Å²) < 4.78 is 11.1. The Morgan fingerprint density at radius 1 is 0.889 bits per heavy atom. The van der Waals surface area contributed by atoms with E-state index < -0.39 is 0 Å². The number of amides is 1. The summed E-state index contributed by atoms with van der Waals surface area (Å²) in [5.41, 5.74) is 1.30. The average molecular weight is 387 g/mol. The molecular weight excluding hydrogens is 360 g/mol. The zero-order valence-corrected chi connectivity index (χ0v) is 16.6. The van der Waals surface area contributed by atoms with E-state index in [1.165, 1.54) is 0 Å². The lowest BCUT2D eigenvalue weighted by Gasteiger charge is -2.11. The number of hydrogen-bond donors (Lipinski definition) is 2. The Bertz CT molecular complexity index is 730. The second-order valence-corrected chi connectivity index (χ2v) is 6.42. The molecule has 2 aromatic carbocycles. The van der Waals surface area contributed by atoms with Crippen LogP contribution in [0.25, 0.3) is 0 Å². The number of carbonyl (C=O) groups excluding carboxylic acids is 1. The summed E-state index contributed by atoms with van der Waals surface area (Å²) in [5, 5.41) is 5.91. The van der Waals surface area contributed by atoms with Gasteiger partial charge in [0.15, 0.2) is 5.11 Å². The van der Waals surface area contributed by atoms with Crippen LogP contribution in [-0.2, 0) is 0 Å². The van der Waals surface area contributed by atoms with Crippen molar-refractivity contribution in [2.45, 2.75) is 33.1 Å². The van der Waals surface area contributed by atoms with Gasteiger partial charge in [0.25, 0.3) is 5.91 Å². The van der Waals surface area contributed by atoms with Crippen molar-refractivity contribution < 1.29 is 14.3 Å². The van der Waals surface area contributed by atoms with Crippen molar-refractivity contribution in [3.8, 4) is 11.5 Å². The van der Waals surface area contributed by atoms with E-state index >= 15 is 0 Å². The van der Waals surface area contributed by atoms with Crippen LogP contribution in [0.3, 0.4) is 0 Å². The van der Waals surface area contributed by atoms with E-state index in [0.29, 0.717) is 18.8 Å². The number of carbonyl (C=O) groups is 1. The molecule has 0 heterocycles. The molecule has 2 rings (SSSR count). The van der Waals surface area contributed by atoms with Crippen molar-refractivity contribution >= 4 is 28.9 Å². The summed E-state index contributed by atoms with van der Waals surface area (Å²) in [6, 6.07) is 14.4. The smallest absolute Gasteiger partial charge is 0.257 e. The molecule has 0 bridgehead atoms. The molecule has 0 saturated heterocycles. The van der Waals surface area contributed by atoms with E-state index in [9.17, 15) is 4.79 Å². The van der Waals surface area contributed by atoms with Gasteiger partial charge in [-0.25, -0.2) is 0 Å². The van der Waals surface area contributed by atoms with Crippen LogP contribution in [0.2, 0.25) is 0 Å². The highest BCUT2D eigenvalue weighted by Crippen LogP contribution is 2.16. The molecule has 0 saturated carbocycles. The monoisotopic (exact) mass is 386 g/mol. The number of rotatable bonds is 9. The molecule has 2 N–H and O–H groups in total. The maximum atomic E-state index is 12.3. The second kappa shape index (κ2) is 11.2. The summed E-state index contributed by atoms with van der Waals surface area (Å²) in [5.74, 6) is 1.29. The van der Waals surface area contributed by atoms with Crippen LogP contribution in [-0.4, -0.2) is 24.2 Å². The number of thiocarbonyl (C=S) groups is 1. The molecule has 27 heavy (non-hydrogen) atoms. The van der Waals surface area contributed by atoms with Gasteiger partial charge in [-0.15, -0.1) is 0 Å². The minimum Gasteiger partial charge on any atom is -0.494 e. The number of anilines is 1. The van der Waals surface area contributed by atoms with Gasteiger partial charge in [-0.1, -0.05) is 20.3 Å². The van der Waals surface area contributed by atoms with E-state index in [4.69, 9.17) is 21.7 Å². The van der Waals surface area contributed by atoms with Gasteiger partial charge in [-0.3, -0.25) is 10.1 Å². The Labute approximate surface area is 166 Å². The average Bonchev–Trinajstić information content (AvgIpc) is 2.68. The third-order valence-electron chi connectivity index (χ3n) is 3.70. The number of nitrogens with one attached hydrogen (secondary N) is 2. The maximum Gasteiger partial charge on any atom is 0.257 e. The van der Waals surface area contributed by atoms with Gasteiger partial charge in [0.1, 0.15) is 11.5 Å². The van der Waals surface area contributed by atoms with Crippen LogP contribution >= 0.6 is 12.2 Å². The topological polar surface area (TPSA) is 59.6 Å². The molecule has 0 spiro atoms. The van der Waals surface area contributed by atoms with Gasteiger partial charge < -0.3 is 14.8 Å². The molecular formula is C21H26N2O3S. The minimum absolute atomic E-state index is 0.241. The molecule has 0 aliphatic rings. The normalized spacial score (nSPS) is 10.1. The first-order valence-electron chi connectivity index (χ1n) is 9.20. The van der Waals surface area contributed by atoms with Gasteiger partial charge in [-0.2, -0.15) is 0 Å². The second-order valence-electron chi connectivity index (χ2n) is 6.01. The summed E-state index contributed by atoms with van der Waals surface area (Å²) in [7, 11) is 0. The summed E-state index contributed by atoms with van der Waals surface area (Å²) >= 11 is 5.21. The molecule has 1 amide bonds. The van der Waals surface area contributed by atoms with Crippen LogP contribution < -0.4 is 20.1 Å². The Hall–Kier alpha value is -2.60. The first kappa shape index (κ1) is 20.7. The zero-order valence-electron chi connectivity index (χ0n) is 15.8. The van der Waals surface area contributed by atoms with Gasteiger partial charge in [-0.05, 0) is 73.6 Å². The van der Waals surface area contributed by atoms with Crippen LogP contribution in [0.5, 0.6) is 11.5 Å². The largest absolute Gasteiger partial charge is 0.494 e. The molecule has 144 valence electrons. The fourth-order valence-electron chi connectivity index (χ4n) is 2.23. The number of hydrogen-bond acceptors (Lipinski definition) is 4. The van der Waals surface area contributed by atoms with Crippen LogP contribution in [0, 0.1) is 0 Å². The van der Waals surface area contributed by atoms with Crippen molar-refractivity contribution in [3.63, 3.8) is 0 Å². The van der Waals surface area contributed by atoms with Gasteiger partial charge >= 0.3 is 0 Å². The summed E-state index contributed by atoms with van der Waals surface area (Å²) in [6.07, 6.45) is 3.05. The molecule has 0 atom stereocenters. The fraction of sp³-hybridized carbons (Fsp3) is 0.333. The molecule has 0 fully saturated rings. The van der Waals surface area contributed by atoms with Gasteiger partial charge in [0.2, 0.25) is 0 Å². The van der Waals surface area contributed by atoms with E-state index in [1.807, 2.05) is 24.3 Å². The quantitative estimate of drug-likeness (QED) is 0.480. The lowest BCUT2D eigenvalue weighted by Crippen LogP contribution is -2.34. The van der Waals surface area contributed by atoms with E-state index in [2.05, 4.69) is 24.5 Å². The lowest BCUT2D eigenvalue weighted by atomic mass is 10.2. The first-order valence-corrected chi connectivity index (χ1v) is 9.61. The van der Waals surface area contributed by atoms with E-state index in [1.54, 1.807) is 24.3 Å². The van der Waals surface area contributed by atoms with Gasteiger partial charge in [0.05, 0.1) is 13.2 Å². The van der Waals surface area contributed by atoms with Gasteiger partial charge in [0, 0.05) is 11.3 Å². The maximum absolute atomic E-state index is 12.3. The Morgan fingerprint density at radius 3 is 2.07 bits per heavy atom. The number of unbranched alkanes of at least 4 members (excludes halogenated alkanes) is 1. The van der Waals surface area contributed by atoms with Crippen molar-refractivity contribution in [1.82, 2.24) is 5.32 Å². The van der Waals surface area contributed by atoms with Crippen molar-refractivity contribution in [2.75, 3.05) is 18.5 Å². The predicted molar refractivity (Wildman–Crippen MR) is 113 cm³/mol. The van der Waals surface area contributed by atoms with Crippen molar-refractivity contribution in [3.05, 3.63) is 54.1 Å². The molecule has 0 radical (unpaired) electrons. The fourth-order valence-corrected chi connectivity index (χ4v) is 2.44. The number of ether oxygens (including phenoxy) is 2. The molecule has 5 nitrogen and oxygen atoms in total. The van der Waals surface area contributed by atoms with E-state index in [-0.39, 0.29) is 11.0 Å².